The molecule has 7 nitrogen and oxygen atoms in total. The summed E-state index contributed by atoms with van der Waals surface area (Å²) in [6.45, 7) is 8.21. The third kappa shape index (κ3) is 5.19. The zero-order chi connectivity index (χ0) is 18.2. The summed E-state index contributed by atoms with van der Waals surface area (Å²) < 4.78 is 5.41. The van der Waals surface area contributed by atoms with Gasteiger partial charge in [0, 0.05) is 38.0 Å². The third-order valence-electron chi connectivity index (χ3n) is 3.71. The van der Waals surface area contributed by atoms with Gasteiger partial charge in [-0.1, -0.05) is 19.0 Å². The SMILES string of the molecule is CCNC(=NCc1c(CC)noc1CC)NCc1csc(N(C)C)n1. The van der Waals surface area contributed by atoms with Crippen LogP contribution in [-0.4, -0.2) is 36.7 Å². The van der Waals surface area contributed by atoms with Crippen molar-refractivity contribution in [3.05, 3.63) is 28.1 Å². The summed E-state index contributed by atoms with van der Waals surface area (Å²) in [5, 5.41) is 13.8. The number of rotatable bonds is 8. The lowest BCUT2D eigenvalue weighted by Gasteiger charge is -2.10. The van der Waals surface area contributed by atoms with Crippen LogP contribution in [-0.2, 0) is 25.9 Å². The Morgan fingerprint density at radius 3 is 2.64 bits per heavy atom. The molecule has 0 spiro atoms. The summed E-state index contributed by atoms with van der Waals surface area (Å²) in [6.07, 6.45) is 1.68. The molecule has 25 heavy (non-hydrogen) atoms. The van der Waals surface area contributed by atoms with Crippen LogP contribution in [0.2, 0.25) is 0 Å². The molecule has 0 aliphatic rings. The molecule has 0 aromatic carbocycles. The maximum atomic E-state index is 5.41. The lowest BCUT2D eigenvalue weighted by atomic mass is 10.1. The summed E-state index contributed by atoms with van der Waals surface area (Å²) in [5.74, 6) is 1.69. The number of aryl methyl sites for hydroxylation is 2. The molecule has 0 saturated heterocycles. The van der Waals surface area contributed by atoms with Crippen LogP contribution < -0.4 is 15.5 Å². The second-order valence-corrected chi connectivity index (χ2v) is 6.64. The van der Waals surface area contributed by atoms with E-state index in [1.807, 2.05) is 19.0 Å². The topological polar surface area (TPSA) is 78.6 Å². The van der Waals surface area contributed by atoms with E-state index >= 15 is 0 Å². The second-order valence-electron chi connectivity index (χ2n) is 5.80. The molecule has 2 aromatic rings. The number of thiazole rings is 1. The second kappa shape index (κ2) is 9.41. The van der Waals surface area contributed by atoms with Crippen molar-refractivity contribution in [3.63, 3.8) is 0 Å². The van der Waals surface area contributed by atoms with Crippen LogP contribution in [0, 0.1) is 0 Å². The quantitative estimate of drug-likeness (QED) is 0.554. The van der Waals surface area contributed by atoms with E-state index in [1.54, 1.807) is 11.3 Å². The molecule has 2 N–H and O–H groups in total. The number of anilines is 1. The fraction of sp³-hybridized carbons (Fsp3) is 0.588. The number of aromatic nitrogens is 2. The minimum atomic E-state index is 0.561. The van der Waals surface area contributed by atoms with E-state index in [4.69, 9.17) is 4.52 Å². The monoisotopic (exact) mass is 364 g/mol. The van der Waals surface area contributed by atoms with Crippen molar-refractivity contribution < 1.29 is 4.52 Å². The van der Waals surface area contributed by atoms with Gasteiger partial charge in [0.25, 0.3) is 0 Å². The van der Waals surface area contributed by atoms with E-state index in [-0.39, 0.29) is 0 Å². The third-order valence-corrected chi connectivity index (χ3v) is 4.76. The molecule has 8 heteroatoms. The number of nitrogens with zero attached hydrogens (tertiary/aromatic N) is 4. The van der Waals surface area contributed by atoms with Crippen LogP contribution in [0.15, 0.2) is 14.9 Å². The molecule has 0 radical (unpaired) electrons. The first kappa shape index (κ1) is 19.2. The van der Waals surface area contributed by atoms with Crippen molar-refractivity contribution in [1.29, 1.82) is 0 Å². The Bertz CT molecular complexity index is 670. The highest BCUT2D eigenvalue weighted by Crippen LogP contribution is 2.18. The van der Waals surface area contributed by atoms with Gasteiger partial charge in [0.15, 0.2) is 11.1 Å². The summed E-state index contributed by atoms with van der Waals surface area (Å²) in [7, 11) is 3.99. The average molecular weight is 365 g/mol. The molecule has 0 unspecified atom stereocenters. The predicted molar refractivity (Wildman–Crippen MR) is 103 cm³/mol. The van der Waals surface area contributed by atoms with Gasteiger partial charge in [-0.2, -0.15) is 0 Å². The van der Waals surface area contributed by atoms with Crippen LogP contribution in [0.25, 0.3) is 0 Å². The highest BCUT2D eigenvalue weighted by molar-refractivity contribution is 7.13. The standard InChI is InChI=1S/C17H28N6OS/c1-6-14-13(15(7-2)24-22-14)10-20-16(18-8-3)19-9-12-11-25-17(21-12)23(4)5/h11H,6-10H2,1-5H3,(H2,18,19,20). The molecule has 0 bridgehead atoms. The molecule has 138 valence electrons. The van der Waals surface area contributed by atoms with E-state index in [9.17, 15) is 0 Å². The Labute approximate surface area is 153 Å². The first-order chi connectivity index (χ1) is 12.1. The summed E-state index contributed by atoms with van der Waals surface area (Å²) in [6, 6.07) is 0. The predicted octanol–water partition coefficient (Wildman–Crippen LogP) is 2.58. The smallest absolute Gasteiger partial charge is 0.191 e. The van der Waals surface area contributed by atoms with Crippen molar-refractivity contribution in [3.8, 4) is 0 Å². The van der Waals surface area contributed by atoms with Gasteiger partial charge in [0.1, 0.15) is 5.76 Å². The average Bonchev–Trinajstić information content (AvgIpc) is 3.23. The summed E-state index contributed by atoms with van der Waals surface area (Å²) in [4.78, 5) is 11.3. The van der Waals surface area contributed by atoms with Crippen LogP contribution in [0.3, 0.4) is 0 Å². The fourth-order valence-electron chi connectivity index (χ4n) is 2.37. The number of guanidine groups is 1. The van der Waals surface area contributed by atoms with Crippen LogP contribution >= 0.6 is 11.3 Å². The highest BCUT2D eigenvalue weighted by Gasteiger charge is 2.13. The van der Waals surface area contributed by atoms with Crippen molar-refractivity contribution in [2.45, 2.75) is 46.7 Å². The highest BCUT2D eigenvalue weighted by atomic mass is 32.1. The number of hydrogen-bond acceptors (Lipinski definition) is 6. The molecule has 2 rings (SSSR count). The van der Waals surface area contributed by atoms with Gasteiger partial charge in [0.2, 0.25) is 0 Å². The van der Waals surface area contributed by atoms with Gasteiger partial charge in [0.05, 0.1) is 24.5 Å². The van der Waals surface area contributed by atoms with Gasteiger partial charge < -0.3 is 20.1 Å². The Morgan fingerprint density at radius 2 is 2.04 bits per heavy atom. The van der Waals surface area contributed by atoms with Crippen molar-refractivity contribution in [2.75, 3.05) is 25.5 Å². The summed E-state index contributed by atoms with van der Waals surface area (Å²) in [5.41, 5.74) is 3.10. The Hall–Kier alpha value is -2.09. The van der Waals surface area contributed by atoms with Crippen LogP contribution in [0.5, 0.6) is 0 Å². The lowest BCUT2D eigenvalue weighted by Crippen LogP contribution is -2.36. The summed E-state index contributed by atoms with van der Waals surface area (Å²) >= 11 is 1.64. The maximum absolute atomic E-state index is 5.41. The molecule has 2 aromatic heterocycles. The largest absolute Gasteiger partial charge is 0.361 e. The maximum Gasteiger partial charge on any atom is 0.191 e. The first-order valence-electron chi connectivity index (χ1n) is 8.69. The Kier molecular flexibility index (Phi) is 7.24. The van der Waals surface area contributed by atoms with E-state index < -0.39 is 0 Å². The zero-order valence-corrected chi connectivity index (χ0v) is 16.5. The minimum Gasteiger partial charge on any atom is -0.361 e. The molecule has 0 aliphatic carbocycles. The van der Waals surface area contributed by atoms with Gasteiger partial charge in [-0.05, 0) is 13.3 Å². The van der Waals surface area contributed by atoms with Crippen molar-refractivity contribution in [2.24, 2.45) is 4.99 Å². The van der Waals surface area contributed by atoms with Gasteiger partial charge in [-0.25, -0.2) is 9.98 Å². The van der Waals surface area contributed by atoms with E-state index in [1.165, 1.54) is 0 Å². The molecular weight excluding hydrogens is 336 g/mol. The van der Waals surface area contributed by atoms with E-state index in [0.29, 0.717) is 13.1 Å². The molecule has 2 heterocycles. The van der Waals surface area contributed by atoms with E-state index in [0.717, 1.165) is 53.2 Å². The van der Waals surface area contributed by atoms with Gasteiger partial charge in [-0.3, -0.25) is 0 Å². The number of nitrogens with one attached hydrogen (secondary N) is 2. The molecule has 0 aliphatic heterocycles. The molecule has 0 amide bonds. The number of hydrogen-bond donors (Lipinski definition) is 2. The zero-order valence-electron chi connectivity index (χ0n) is 15.7. The van der Waals surface area contributed by atoms with Crippen LogP contribution in [0.1, 0.15) is 43.5 Å². The molecule has 0 saturated carbocycles. The number of aliphatic imine (C=N–C) groups is 1. The van der Waals surface area contributed by atoms with Gasteiger partial charge in [-0.15, -0.1) is 11.3 Å². The molecular formula is C17H28N6OS. The normalized spacial score (nSPS) is 11.6. The fourth-order valence-corrected chi connectivity index (χ4v) is 3.13. The van der Waals surface area contributed by atoms with E-state index in [2.05, 4.69) is 51.9 Å². The Morgan fingerprint density at radius 1 is 1.24 bits per heavy atom. The first-order valence-corrected chi connectivity index (χ1v) is 9.57. The lowest BCUT2D eigenvalue weighted by molar-refractivity contribution is 0.380. The van der Waals surface area contributed by atoms with Crippen molar-refractivity contribution >= 4 is 22.4 Å². The Balaban J connectivity index is 2.04. The van der Waals surface area contributed by atoms with Crippen molar-refractivity contribution in [1.82, 2.24) is 20.8 Å². The minimum absolute atomic E-state index is 0.561. The van der Waals surface area contributed by atoms with Crippen LogP contribution in [0.4, 0.5) is 5.13 Å². The molecule has 0 atom stereocenters. The van der Waals surface area contributed by atoms with Gasteiger partial charge >= 0.3 is 0 Å². The molecule has 0 fully saturated rings.